The molecule has 100 valence electrons. The second-order valence-electron chi connectivity index (χ2n) is 4.14. The van der Waals surface area contributed by atoms with Crippen LogP contribution in [-0.4, -0.2) is 9.55 Å². The number of pyridine rings is 2. The number of hydrogen-bond acceptors (Lipinski definition) is 2. The molecular formula is C14H7F3N2O. The highest BCUT2D eigenvalue weighted by Crippen LogP contribution is 2.21. The van der Waals surface area contributed by atoms with Gasteiger partial charge in [-0.1, -0.05) is 0 Å². The summed E-state index contributed by atoms with van der Waals surface area (Å²) in [6.07, 6.45) is 2.61. The molecular weight excluding hydrogens is 269 g/mol. The fourth-order valence-corrected chi connectivity index (χ4v) is 2.03. The summed E-state index contributed by atoms with van der Waals surface area (Å²) in [5.74, 6) is -3.15. The fraction of sp³-hybridized carbons (Fsp3) is 0. The summed E-state index contributed by atoms with van der Waals surface area (Å²) >= 11 is 0. The van der Waals surface area contributed by atoms with Gasteiger partial charge in [0.1, 0.15) is 17.2 Å². The molecule has 0 fully saturated rings. The van der Waals surface area contributed by atoms with Crippen LogP contribution >= 0.6 is 0 Å². The summed E-state index contributed by atoms with van der Waals surface area (Å²) < 4.78 is 41.7. The van der Waals surface area contributed by atoms with Crippen molar-refractivity contribution in [1.29, 1.82) is 0 Å². The van der Waals surface area contributed by atoms with Gasteiger partial charge in [0, 0.05) is 30.6 Å². The normalized spacial score (nSPS) is 10.9. The van der Waals surface area contributed by atoms with E-state index in [4.69, 9.17) is 0 Å². The number of halogens is 3. The number of hydrogen-bond donors (Lipinski definition) is 0. The molecule has 2 heterocycles. The summed E-state index contributed by atoms with van der Waals surface area (Å²) in [5, 5.41) is 0.220. The topological polar surface area (TPSA) is 34.9 Å². The number of nitrogens with zero attached hydrogens (tertiary/aromatic N) is 2. The van der Waals surface area contributed by atoms with E-state index in [1.807, 2.05) is 0 Å². The van der Waals surface area contributed by atoms with E-state index >= 15 is 0 Å². The van der Waals surface area contributed by atoms with Gasteiger partial charge in [0.2, 0.25) is 0 Å². The van der Waals surface area contributed by atoms with Gasteiger partial charge in [-0.15, -0.1) is 0 Å². The minimum atomic E-state index is -1.07. The molecule has 0 spiro atoms. The molecule has 0 N–H and O–H groups in total. The average Bonchev–Trinajstić information content (AvgIpc) is 2.40. The molecule has 3 aromatic rings. The van der Waals surface area contributed by atoms with Crippen LogP contribution in [0.3, 0.4) is 0 Å². The van der Waals surface area contributed by atoms with Crippen LogP contribution in [0, 0.1) is 17.5 Å². The van der Waals surface area contributed by atoms with Gasteiger partial charge in [-0.2, -0.15) is 0 Å². The monoisotopic (exact) mass is 276 g/mol. The molecule has 3 rings (SSSR count). The lowest BCUT2D eigenvalue weighted by molar-refractivity contribution is 0.535. The molecule has 0 saturated heterocycles. The molecule has 20 heavy (non-hydrogen) atoms. The SMILES string of the molecule is O=c1ccn(-c2c(F)cc(F)cc2F)c2ncccc12. The van der Waals surface area contributed by atoms with Gasteiger partial charge >= 0.3 is 0 Å². The maximum Gasteiger partial charge on any atom is 0.191 e. The van der Waals surface area contributed by atoms with E-state index in [0.717, 1.165) is 4.57 Å². The minimum absolute atomic E-state index is 0.101. The third-order valence-corrected chi connectivity index (χ3v) is 2.88. The Bertz CT molecular complexity index is 851. The molecule has 3 nitrogen and oxygen atoms in total. The van der Waals surface area contributed by atoms with Crippen molar-refractivity contribution < 1.29 is 13.2 Å². The molecule has 0 aliphatic carbocycles. The van der Waals surface area contributed by atoms with Gasteiger partial charge in [0.15, 0.2) is 17.1 Å². The van der Waals surface area contributed by atoms with E-state index < -0.39 is 23.1 Å². The molecule has 0 radical (unpaired) electrons. The predicted octanol–water partition coefficient (Wildman–Crippen LogP) is 2.80. The van der Waals surface area contributed by atoms with Crippen molar-refractivity contribution in [2.75, 3.05) is 0 Å². The predicted molar refractivity (Wildman–Crippen MR) is 67.2 cm³/mol. The molecule has 0 saturated carbocycles. The first-order chi connectivity index (χ1) is 9.58. The summed E-state index contributed by atoms with van der Waals surface area (Å²) in [7, 11) is 0. The lowest BCUT2D eigenvalue weighted by Crippen LogP contribution is -2.10. The van der Waals surface area contributed by atoms with Crippen molar-refractivity contribution in [3.05, 3.63) is 70.4 Å². The van der Waals surface area contributed by atoms with E-state index in [-0.39, 0.29) is 16.5 Å². The lowest BCUT2D eigenvalue weighted by atomic mass is 10.2. The first-order valence-corrected chi connectivity index (χ1v) is 5.69. The number of rotatable bonds is 1. The minimum Gasteiger partial charge on any atom is -0.296 e. The van der Waals surface area contributed by atoms with Gasteiger partial charge in [-0.3, -0.25) is 9.36 Å². The lowest BCUT2D eigenvalue weighted by Gasteiger charge is -2.11. The first-order valence-electron chi connectivity index (χ1n) is 5.69. The van der Waals surface area contributed by atoms with Crippen molar-refractivity contribution in [1.82, 2.24) is 9.55 Å². The third kappa shape index (κ3) is 1.85. The van der Waals surface area contributed by atoms with E-state index in [2.05, 4.69) is 4.98 Å². The zero-order valence-electron chi connectivity index (χ0n) is 9.98. The van der Waals surface area contributed by atoms with Crippen molar-refractivity contribution in [3.8, 4) is 5.69 Å². The Kier molecular flexibility index (Phi) is 2.78. The highest BCUT2D eigenvalue weighted by Gasteiger charge is 2.15. The maximum absolute atomic E-state index is 13.8. The van der Waals surface area contributed by atoms with Gasteiger partial charge in [-0.25, -0.2) is 18.2 Å². The van der Waals surface area contributed by atoms with Crippen LogP contribution in [0.4, 0.5) is 13.2 Å². The van der Waals surface area contributed by atoms with Crippen molar-refractivity contribution in [2.45, 2.75) is 0 Å². The Labute approximate surface area is 110 Å². The number of aromatic nitrogens is 2. The van der Waals surface area contributed by atoms with Crippen LogP contribution in [0.5, 0.6) is 0 Å². The smallest absolute Gasteiger partial charge is 0.191 e. The molecule has 0 bridgehead atoms. The highest BCUT2D eigenvalue weighted by atomic mass is 19.1. The molecule has 0 amide bonds. The zero-order chi connectivity index (χ0) is 14.3. The third-order valence-electron chi connectivity index (χ3n) is 2.88. The van der Waals surface area contributed by atoms with E-state index in [9.17, 15) is 18.0 Å². The molecule has 0 unspecified atom stereocenters. The van der Waals surface area contributed by atoms with Crippen LogP contribution in [0.15, 0.2) is 47.5 Å². The van der Waals surface area contributed by atoms with E-state index in [1.54, 1.807) is 6.07 Å². The number of fused-ring (bicyclic) bond motifs is 1. The number of benzene rings is 1. The Morgan fingerprint density at radius 2 is 1.75 bits per heavy atom. The largest absolute Gasteiger partial charge is 0.296 e. The Balaban J connectivity index is 2.42. The molecule has 2 aromatic heterocycles. The Hall–Kier alpha value is -2.63. The molecule has 0 aliphatic heterocycles. The molecule has 0 aliphatic rings. The van der Waals surface area contributed by atoms with Crippen LogP contribution in [0.2, 0.25) is 0 Å². The van der Waals surface area contributed by atoms with Gasteiger partial charge < -0.3 is 0 Å². The van der Waals surface area contributed by atoms with Gasteiger partial charge in [-0.05, 0) is 12.1 Å². The van der Waals surface area contributed by atoms with Crippen LogP contribution < -0.4 is 5.43 Å². The standard InChI is InChI=1S/C14H7F3N2O/c15-8-6-10(16)13(11(17)7-8)19-5-3-12(20)9-2-1-4-18-14(9)19/h1-7H. The summed E-state index contributed by atoms with van der Waals surface area (Å²) in [5.41, 5.74) is -0.688. The highest BCUT2D eigenvalue weighted by molar-refractivity contribution is 5.76. The average molecular weight is 276 g/mol. The summed E-state index contributed by atoms with van der Waals surface area (Å²) in [6.45, 7) is 0. The second kappa shape index (κ2) is 4.48. The van der Waals surface area contributed by atoms with Crippen molar-refractivity contribution in [2.24, 2.45) is 0 Å². The van der Waals surface area contributed by atoms with Crippen LogP contribution in [0.25, 0.3) is 16.7 Å². The molecule has 1 aromatic carbocycles. The van der Waals surface area contributed by atoms with E-state index in [0.29, 0.717) is 12.1 Å². The quantitative estimate of drug-likeness (QED) is 0.685. The fourth-order valence-electron chi connectivity index (χ4n) is 2.03. The second-order valence-corrected chi connectivity index (χ2v) is 4.14. The zero-order valence-corrected chi connectivity index (χ0v) is 9.98. The van der Waals surface area contributed by atoms with Gasteiger partial charge in [0.25, 0.3) is 0 Å². The molecule has 6 heteroatoms. The van der Waals surface area contributed by atoms with Crippen LogP contribution in [0.1, 0.15) is 0 Å². The van der Waals surface area contributed by atoms with Gasteiger partial charge in [0.05, 0.1) is 5.39 Å². The summed E-state index contributed by atoms with van der Waals surface area (Å²) in [4.78, 5) is 15.6. The summed E-state index contributed by atoms with van der Waals surface area (Å²) in [6, 6.07) is 5.37. The van der Waals surface area contributed by atoms with Crippen molar-refractivity contribution in [3.63, 3.8) is 0 Å². The maximum atomic E-state index is 13.8. The first kappa shape index (κ1) is 12.4. The molecule has 0 atom stereocenters. The van der Waals surface area contributed by atoms with E-state index in [1.165, 1.54) is 24.5 Å². The van der Waals surface area contributed by atoms with Crippen molar-refractivity contribution >= 4 is 11.0 Å². The Morgan fingerprint density at radius 1 is 1.05 bits per heavy atom. The Morgan fingerprint density at radius 3 is 2.45 bits per heavy atom. The van der Waals surface area contributed by atoms with Crippen LogP contribution in [-0.2, 0) is 0 Å².